The van der Waals surface area contributed by atoms with Crippen LogP contribution in [-0.2, 0) is 0 Å². The topological polar surface area (TPSA) is 37.3 Å². The number of carboxylic acids is 1. The normalized spacial score (nSPS) is 10.6. The SMILES string of the molecule is Cc1c(Cl)ccc(C(=O)O)c1C(F)F. The lowest BCUT2D eigenvalue weighted by Crippen LogP contribution is -2.05. The monoisotopic (exact) mass is 220 g/mol. The first-order valence-corrected chi connectivity index (χ1v) is 4.13. The van der Waals surface area contributed by atoms with Crippen LogP contribution < -0.4 is 0 Å². The fourth-order valence-electron chi connectivity index (χ4n) is 1.17. The summed E-state index contributed by atoms with van der Waals surface area (Å²) in [6.45, 7) is 1.37. The highest BCUT2D eigenvalue weighted by Crippen LogP contribution is 2.30. The van der Waals surface area contributed by atoms with E-state index in [0.717, 1.165) is 6.07 Å². The number of alkyl halides is 2. The Balaban J connectivity index is 3.45. The van der Waals surface area contributed by atoms with Crippen molar-refractivity contribution in [3.63, 3.8) is 0 Å². The maximum Gasteiger partial charge on any atom is 0.336 e. The molecule has 0 aliphatic heterocycles. The molecule has 1 N–H and O–H groups in total. The zero-order valence-corrected chi connectivity index (χ0v) is 7.98. The molecule has 0 saturated heterocycles. The van der Waals surface area contributed by atoms with Gasteiger partial charge in [0, 0.05) is 10.6 Å². The van der Waals surface area contributed by atoms with Gasteiger partial charge in [-0.3, -0.25) is 0 Å². The van der Waals surface area contributed by atoms with E-state index in [2.05, 4.69) is 0 Å². The summed E-state index contributed by atoms with van der Waals surface area (Å²) in [5, 5.41) is 8.80. The number of rotatable bonds is 2. The van der Waals surface area contributed by atoms with Crippen LogP contribution in [0, 0.1) is 6.92 Å². The third-order valence-corrected chi connectivity index (χ3v) is 2.31. The fraction of sp³-hybridized carbons (Fsp3) is 0.222. The number of hydrogen-bond acceptors (Lipinski definition) is 1. The molecule has 0 radical (unpaired) electrons. The van der Waals surface area contributed by atoms with E-state index < -0.39 is 23.5 Å². The van der Waals surface area contributed by atoms with Gasteiger partial charge >= 0.3 is 5.97 Å². The Morgan fingerprint density at radius 2 is 2.07 bits per heavy atom. The second-order valence-corrected chi connectivity index (χ2v) is 3.15. The molecule has 0 aliphatic carbocycles. The Morgan fingerprint density at radius 1 is 1.50 bits per heavy atom. The zero-order valence-electron chi connectivity index (χ0n) is 7.22. The van der Waals surface area contributed by atoms with Crippen molar-refractivity contribution < 1.29 is 18.7 Å². The summed E-state index contributed by atoms with van der Waals surface area (Å²) >= 11 is 5.61. The Labute approximate surface area is 84.1 Å². The van der Waals surface area contributed by atoms with Crippen LogP contribution in [-0.4, -0.2) is 11.1 Å². The number of carboxylic acid groups (broad SMARTS) is 1. The molecular weight excluding hydrogens is 214 g/mol. The smallest absolute Gasteiger partial charge is 0.336 e. The van der Waals surface area contributed by atoms with Gasteiger partial charge in [-0.25, -0.2) is 13.6 Å². The predicted molar refractivity (Wildman–Crippen MR) is 48.1 cm³/mol. The van der Waals surface area contributed by atoms with E-state index in [0.29, 0.717) is 0 Å². The van der Waals surface area contributed by atoms with Crippen LogP contribution in [0.2, 0.25) is 5.02 Å². The molecule has 0 aromatic heterocycles. The van der Waals surface area contributed by atoms with Crippen LogP contribution in [0.25, 0.3) is 0 Å². The molecule has 0 amide bonds. The molecular formula is C9H7ClF2O2. The molecule has 2 nitrogen and oxygen atoms in total. The summed E-state index contributed by atoms with van der Waals surface area (Å²) in [5.41, 5.74) is -0.798. The van der Waals surface area contributed by atoms with Gasteiger partial charge in [0.2, 0.25) is 0 Å². The maximum atomic E-state index is 12.5. The Hall–Kier alpha value is -1.16. The lowest BCUT2D eigenvalue weighted by Gasteiger charge is -2.09. The van der Waals surface area contributed by atoms with E-state index >= 15 is 0 Å². The molecule has 0 saturated carbocycles. The van der Waals surface area contributed by atoms with E-state index in [1.165, 1.54) is 13.0 Å². The van der Waals surface area contributed by atoms with Crippen molar-refractivity contribution in [1.82, 2.24) is 0 Å². The summed E-state index contributed by atoms with van der Waals surface area (Å²) in [5.74, 6) is -1.37. The van der Waals surface area contributed by atoms with Crippen molar-refractivity contribution in [3.05, 3.63) is 33.8 Å². The number of hydrogen-bond donors (Lipinski definition) is 1. The Bertz CT molecular complexity index is 377. The van der Waals surface area contributed by atoms with E-state index in [9.17, 15) is 13.6 Å². The lowest BCUT2D eigenvalue weighted by atomic mass is 10.0. The van der Waals surface area contributed by atoms with Crippen molar-refractivity contribution >= 4 is 17.6 Å². The molecule has 1 aromatic carbocycles. The van der Waals surface area contributed by atoms with Crippen LogP contribution in [0.15, 0.2) is 12.1 Å². The first-order chi connectivity index (χ1) is 6.45. The third-order valence-electron chi connectivity index (χ3n) is 1.90. The van der Waals surface area contributed by atoms with E-state index in [-0.39, 0.29) is 10.6 Å². The van der Waals surface area contributed by atoms with E-state index in [4.69, 9.17) is 16.7 Å². The average Bonchev–Trinajstić information content (AvgIpc) is 2.08. The average molecular weight is 221 g/mol. The molecule has 0 atom stereocenters. The lowest BCUT2D eigenvalue weighted by molar-refractivity contribution is 0.0684. The van der Waals surface area contributed by atoms with Crippen molar-refractivity contribution in [1.29, 1.82) is 0 Å². The minimum atomic E-state index is -2.83. The van der Waals surface area contributed by atoms with Gasteiger partial charge in [-0.1, -0.05) is 11.6 Å². The molecule has 5 heteroatoms. The molecule has 76 valence electrons. The van der Waals surface area contributed by atoms with E-state index in [1.54, 1.807) is 0 Å². The van der Waals surface area contributed by atoms with Gasteiger partial charge in [-0.2, -0.15) is 0 Å². The van der Waals surface area contributed by atoms with Crippen molar-refractivity contribution in [2.45, 2.75) is 13.3 Å². The molecule has 1 rings (SSSR count). The number of aromatic carboxylic acids is 1. The molecule has 0 spiro atoms. The standard InChI is InChI=1S/C9H7ClF2O2/c1-4-6(10)3-2-5(9(13)14)7(4)8(11)12/h2-3,8H,1H3,(H,13,14). The Kier molecular flexibility index (Phi) is 3.06. The number of halogens is 3. The third kappa shape index (κ3) is 1.85. The Morgan fingerprint density at radius 3 is 2.50 bits per heavy atom. The van der Waals surface area contributed by atoms with Crippen molar-refractivity contribution in [3.8, 4) is 0 Å². The van der Waals surface area contributed by atoms with E-state index in [1.807, 2.05) is 0 Å². The first kappa shape index (κ1) is 10.9. The van der Waals surface area contributed by atoms with Gasteiger partial charge in [-0.05, 0) is 24.6 Å². The number of benzene rings is 1. The summed E-state index contributed by atoms with van der Waals surface area (Å²) in [6, 6.07) is 2.38. The van der Waals surface area contributed by atoms with Crippen LogP contribution in [0.4, 0.5) is 8.78 Å². The summed E-state index contributed by atoms with van der Waals surface area (Å²) in [7, 11) is 0. The first-order valence-electron chi connectivity index (χ1n) is 3.75. The van der Waals surface area contributed by atoms with Gasteiger partial charge in [0.1, 0.15) is 0 Å². The number of carbonyl (C=O) groups is 1. The van der Waals surface area contributed by atoms with Crippen LogP contribution in [0.5, 0.6) is 0 Å². The zero-order chi connectivity index (χ0) is 10.9. The quantitative estimate of drug-likeness (QED) is 0.831. The largest absolute Gasteiger partial charge is 0.478 e. The molecule has 0 heterocycles. The van der Waals surface area contributed by atoms with Gasteiger partial charge in [0.25, 0.3) is 6.43 Å². The van der Waals surface area contributed by atoms with Crippen molar-refractivity contribution in [2.24, 2.45) is 0 Å². The molecule has 0 aliphatic rings. The highest BCUT2D eigenvalue weighted by molar-refractivity contribution is 6.31. The summed E-state index contributed by atoms with van der Waals surface area (Å²) < 4.78 is 25.0. The minimum Gasteiger partial charge on any atom is -0.478 e. The fourth-order valence-corrected chi connectivity index (χ4v) is 1.33. The molecule has 0 fully saturated rings. The van der Waals surface area contributed by atoms with Gasteiger partial charge in [0.05, 0.1) is 5.56 Å². The maximum absolute atomic E-state index is 12.5. The van der Waals surface area contributed by atoms with Gasteiger partial charge in [0.15, 0.2) is 0 Å². The molecule has 1 aromatic rings. The van der Waals surface area contributed by atoms with Gasteiger partial charge in [-0.15, -0.1) is 0 Å². The molecule has 0 unspecified atom stereocenters. The molecule has 0 bridgehead atoms. The van der Waals surface area contributed by atoms with Crippen molar-refractivity contribution in [2.75, 3.05) is 0 Å². The molecule has 14 heavy (non-hydrogen) atoms. The predicted octanol–water partition coefficient (Wildman–Crippen LogP) is 3.28. The second kappa shape index (κ2) is 3.92. The van der Waals surface area contributed by atoms with Crippen LogP contribution >= 0.6 is 11.6 Å². The van der Waals surface area contributed by atoms with Crippen LogP contribution in [0.1, 0.15) is 27.9 Å². The summed E-state index contributed by atoms with van der Waals surface area (Å²) in [6.07, 6.45) is -2.83. The van der Waals surface area contributed by atoms with Crippen LogP contribution in [0.3, 0.4) is 0 Å². The highest BCUT2D eigenvalue weighted by Gasteiger charge is 2.21. The second-order valence-electron chi connectivity index (χ2n) is 2.74. The van der Waals surface area contributed by atoms with Gasteiger partial charge < -0.3 is 5.11 Å². The highest BCUT2D eigenvalue weighted by atomic mass is 35.5. The summed E-state index contributed by atoms with van der Waals surface area (Å²) in [4.78, 5) is 10.6. The minimum absolute atomic E-state index is 0.113.